The van der Waals surface area contributed by atoms with Gasteiger partial charge in [0.1, 0.15) is 29.4 Å². The number of fused-ring (bicyclic) bond motifs is 1. The first-order chi connectivity index (χ1) is 18.5. The molecule has 0 aromatic carbocycles. The highest BCUT2D eigenvalue weighted by Gasteiger charge is 2.54. The van der Waals surface area contributed by atoms with Gasteiger partial charge in [0, 0.05) is 36.5 Å². The number of nitrogens with zero attached hydrogens (tertiary/aromatic N) is 5. The number of carbonyl (C=O) groups excluding carboxylic acids is 3. The number of esters is 1. The largest absolute Gasteiger partial charge is 0.477 e. The molecule has 2 aliphatic heterocycles. The Morgan fingerprint density at radius 3 is 2.54 bits per heavy atom. The predicted octanol–water partition coefficient (Wildman–Crippen LogP) is 0.853. The molecule has 0 radical (unpaired) electrons. The molecule has 1 saturated heterocycles. The second-order valence-corrected chi connectivity index (χ2v) is 12.8. The Kier molecular flexibility index (Phi) is 9.69. The number of nitriles is 2. The molecule has 1 aromatic heterocycles. The molecule has 3 heterocycles. The number of nitrogens with two attached hydrogens (primary N) is 1. The quantitative estimate of drug-likeness (QED) is 0.1000. The number of carboxylic acid groups (broad SMARTS) is 1. The number of nitrogens with one attached hydrogen (secondary N) is 1. The predicted molar refractivity (Wildman–Crippen MR) is 138 cm³/mol. The number of rotatable bonds is 12. The van der Waals surface area contributed by atoms with E-state index in [-0.39, 0.29) is 59.6 Å². The highest BCUT2D eigenvalue weighted by atomic mass is 32.2. The summed E-state index contributed by atoms with van der Waals surface area (Å²) in [5.41, 5.74) is 5.10. The van der Waals surface area contributed by atoms with Crippen molar-refractivity contribution in [2.45, 2.75) is 31.2 Å². The molecule has 39 heavy (non-hydrogen) atoms. The Morgan fingerprint density at radius 2 is 2.00 bits per heavy atom. The van der Waals surface area contributed by atoms with Gasteiger partial charge >= 0.3 is 11.9 Å². The zero-order valence-corrected chi connectivity index (χ0v) is 22.9. The van der Waals surface area contributed by atoms with Crippen molar-refractivity contribution >= 4 is 65.1 Å². The van der Waals surface area contributed by atoms with Crippen LogP contribution in [0.3, 0.4) is 0 Å². The van der Waals surface area contributed by atoms with Crippen LogP contribution in [0.1, 0.15) is 25.5 Å². The number of hydrogen-bond donors (Lipinski definition) is 3. The third kappa shape index (κ3) is 6.94. The van der Waals surface area contributed by atoms with E-state index in [9.17, 15) is 28.8 Å². The number of thioether (sulfide) groups is 1. The van der Waals surface area contributed by atoms with Crippen LogP contribution in [0, 0.1) is 22.7 Å². The van der Waals surface area contributed by atoms with Crippen molar-refractivity contribution in [2.75, 3.05) is 30.4 Å². The lowest BCUT2D eigenvalue weighted by molar-refractivity contribution is -0.150. The number of carboxylic acids is 1. The van der Waals surface area contributed by atoms with Gasteiger partial charge in [-0.05, 0) is 0 Å². The van der Waals surface area contributed by atoms with E-state index in [0.717, 1.165) is 28.0 Å². The average Bonchev–Trinajstić information content (AvgIpc) is 3.33. The second-order valence-electron chi connectivity index (χ2n) is 8.07. The van der Waals surface area contributed by atoms with Gasteiger partial charge in [0.2, 0.25) is 0 Å². The molecule has 0 aliphatic carbocycles. The van der Waals surface area contributed by atoms with E-state index >= 15 is 0 Å². The molecule has 18 heteroatoms. The Balaban J connectivity index is 1.83. The van der Waals surface area contributed by atoms with Crippen molar-refractivity contribution in [2.24, 2.45) is 5.16 Å². The highest BCUT2D eigenvalue weighted by Crippen LogP contribution is 2.48. The molecule has 2 aliphatic rings. The smallest absolute Gasteiger partial charge is 0.352 e. The Labute approximate surface area is 230 Å². The van der Waals surface area contributed by atoms with Crippen LogP contribution in [0.25, 0.3) is 0 Å². The van der Waals surface area contributed by atoms with Crippen LogP contribution in [0.2, 0.25) is 0 Å². The number of nitrogen functional groups attached to an aromatic ring is 1. The van der Waals surface area contributed by atoms with Crippen molar-refractivity contribution in [3.8, 4) is 12.1 Å². The molecule has 4 N–H and O–H groups in total. The van der Waals surface area contributed by atoms with Gasteiger partial charge in [0.05, 0.1) is 24.5 Å². The molecule has 2 amide bonds. The third-order valence-corrected chi connectivity index (χ3v) is 9.58. The van der Waals surface area contributed by atoms with E-state index in [0.29, 0.717) is 0 Å². The van der Waals surface area contributed by atoms with Gasteiger partial charge in [-0.15, -0.1) is 23.1 Å². The minimum atomic E-state index is -3.62. The Bertz CT molecular complexity index is 1360. The van der Waals surface area contributed by atoms with E-state index in [1.165, 1.54) is 12.3 Å². The third-order valence-electron chi connectivity index (χ3n) is 5.38. The fourth-order valence-corrected chi connectivity index (χ4v) is 6.92. The molecular weight excluding hydrogens is 573 g/mol. The Morgan fingerprint density at radius 1 is 1.33 bits per heavy atom. The summed E-state index contributed by atoms with van der Waals surface area (Å²) in [5, 5.41) is 34.4. The summed E-state index contributed by atoms with van der Waals surface area (Å²) in [4.78, 5) is 54.2. The van der Waals surface area contributed by atoms with Crippen molar-refractivity contribution in [3.05, 3.63) is 22.3 Å². The maximum atomic E-state index is 13.2. The van der Waals surface area contributed by atoms with Gasteiger partial charge in [-0.25, -0.2) is 9.78 Å². The maximum absolute atomic E-state index is 13.2. The van der Waals surface area contributed by atoms with Gasteiger partial charge in [0.25, 0.3) is 19.2 Å². The first-order valence-corrected chi connectivity index (χ1v) is 15.1. The number of carbonyl (C=O) groups is 4. The fourth-order valence-electron chi connectivity index (χ4n) is 3.54. The SMILES string of the molecule is CC(=O)OCC1=C(C(=O)O)N2C(=O)[C@H](NC(=O)C(=NOP(=O)(CCC#N)CCC#N)c3csc(N)n3)[C@H]2SC1. The van der Waals surface area contributed by atoms with Crippen LogP contribution in [0.5, 0.6) is 0 Å². The zero-order valence-electron chi connectivity index (χ0n) is 20.4. The van der Waals surface area contributed by atoms with Gasteiger partial charge in [-0.2, -0.15) is 10.5 Å². The van der Waals surface area contributed by atoms with E-state index in [4.69, 9.17) is 25.6 Å². The summed E-state index contributed by atoms with van der Waals surface area (Å²) < 4.78 is 23.2. The van der Waals surface area contributed by atoms with Crippen molar-refractivity contribution in [1.29, 1.82) is 10.5 Å². The van der Waals surface area contributed by atoms with E-state index < -0.39 is 48.2 Å². The van der Waals surface area contributed by atoms with Crippen LogP contribution in [-0.4, -0.2) is 80.6 Å². The molecular formula is C21H22N7O8PS2. The van der Waals surface area contributed by atoms with Gasteiger partial charge in [-0.1, -0.05) is 5.16 Å². The van der Waals surface area contributed by atoms with Crippen molar-refractivity contribution in [1.82, 2.24) is 15.2 Å². The number of hydrogen-bond acceptors (Lipinski definition) is 14. The number of anilines is 1. The lowest BCUT2D eigenvalue weighted by Crippen LogP contribution is -2.71. The Hall–Kier alpha value is -3.92. The molecule has 0 bridgehead atoms. The normalized spacial score (nSPS) is 18.8. The number of β-lactam (4-membered cyclic amide) rings is 1. The number of aliphatic carboxylic acids is 1. The number of oxime groups is 1. The summed E-state index contributed by atoms with van der Waals surface area (Å²) in [6.45, 7) is 0.874. The molecule has 2 atom stereocenters. The van der Waals surface area contributed by atoms with E-state index in [1.54, 1.807) is 0 Å². The van der Waals surface area contributed by atoms with Crippen LogP contribution in [0.4, 0.5) is 5.13 Å². The summed E-state index contributed by atoms with van der Waals surface area (Å²) in [6, 6.07) is 2.54. The van der Waals surface area contributed by atoms with Crippen LogP contribution >= 0.6 is 30.5 Å². The number of aromatic nitrogens is 1. The first kappa shape index (κ1) is 29.6. The lowest BCUT2D eigenvalue weighted by atomic mass is 10.0. The highest BCUT2D eigenvalue weighted by molar-refractivity contribution is 8.00. The van der Waals surface area contributed by atoms with Crippen LogP contribution < -0.4 is 11.1 Å². The van der Waals surface area contributed by atoms with Crippen LogP contribution in [0.15, 0.2) is 21.8 Å². The number of thiazole rings is 1. The van der Waals surface area contributed by atoms with Crippen molar-refractivity contribution in [3.63, 3.8) is 0 Å². The lowest BCUT2D eigenvalue weighted by Gasteiger charge is -2.49. The fraction of sp³-hybridized carbons (Fsp3) is 0.429. The second kappa shape index (κ2) is 12.8. The zero-order chi connectivity index (χ0) is 28.7. The standard InChI is InChI=1S/C21H22N7O8PS2/c1-11(29)35-8-12-9-38-19-15(18(31)28(19)16(12)20(32)33)26-17(30)14(13-10-39-21(24)25-13)27-36-37(34,6-2-4-22)7-3-5-23/h10,15,19H,2-3,6-9H2,1H3,(H2,24,25)(H,26,30)(H,32,33)/t15-,19+/m0/s1. The number of amides is 2. The summed E-state index contributed by atoms with van der Waals surface area (Å²) in [7, 11) is -3.62. The van der Waals surface area contributed by atoms with Gasteiger partial charge < -0.3 is 25.5 Å². The van der Waals surface area contributed by atoms with Gasteiger partial charge in [-0.3, -0.25) is 23.8 Å². The van der Waals surface area contributed by atoms with E-state index in [1.807, 2.05) is 12.1 Å². The molecule has 1 fully saturated rings. The maximum Gasteiger partial charge on any atom is 0.352 e. The summed E-state index contributed by atoms with van der Waals surface area (Å²) in [5.74, 6) is -3.52. The van der Waals surface area contributed by atoms with Crippen molar-refractivity contribution < 1.29 is 38.2 Å². The summed E-state index contributed by atoms with van der Waals surface area (Å²) in [6.07, 6.45) is -0.656. The molecule has 1 aromatic rings. The first-order valence-electron chi connectivity index (χ1n) is 11.2. The molecule has 0 spiro atoms. The minimum Gasteiger partial charge on any atom is -0.477 e. The molecule has 0 saturated carbocycles. The molecule has 206 valence electrons. The van der Waals surface area contributed by atoms with E-state index in [2.05, 4.69) is 15.5 Å². The molecule has 3 rings (SSSR count). The molecule has 0 unspecified atom stereocenters. The molecule has 15 nitrogen and oxygen atoms in total. The number of ether oxygens (including phenoxy) is 1. The summed E-state index contributed by atoms with van der Waals surface area (Å²) >= 11 is 2.15. The minimum absolute atomic E-state index is 0.0307. The monoisotopic (exact) mass is 595 g/mol. The van der Waals surface area contributed by atoms with Gasteiger partial charge in [0.15, 0.2) is 10.8 Å². The van der Waals surface area contributed by atoms with Crippen LogP contribution in [-0.2, 0) is 33.1 Å². The topological polar surface area (TPSA) is 238 Å². The average molecular weight is 596 g/mol.